The van der Waals surface area contributed by atoms with E-state index in [0.717, 1.165) is 0 Å². The summed E-state index contributed by atoms with van der Waals surface area (Å²) in [6, 6.07) is 4.47. The molecule has 70 valence electrons. The van der Waals surface area contributed by atoms with Crippen molar-refractivity contribution in [1.29, 1.82) is 0 Å². The molecule has 0 atom stereocenters. The molecule has 3 nitrogen and oxygen atoms in total. The third-order valence-corrected chi connectivity index (χ3v) is 1.76. The predicted molar refractivity (Wildman–Crippen MR) is 51.1 cm³/mol. The van der Waals surface area contributed by atoms with Crippen LogP contribution in [-0.4, -0.2) is 19.4 Å². The summed E-state index contributed by atoms with van der Waals surface area (Å²) in [6.07, 6.45) is 5.77. The third-order valence-electron chi connectivity index (χ3n) is 1.76. The first-order valence-electron chi connectivity index (χ1n) is 3.87. The van der Waals surface area contributed by atoms with E-state index in [1.54, 1.807) is 0 Å². The number of benzene rings is 1. The second kappa shape index (κ2) is 4.24. The van der Waals surface area contributed by atoms with Gasteiger partial charge in [-0.1, -0.05) is 5.92 Å². The van der Waals surface area contributed by atoms with Gasteiger partial charge in [0.05, 0.1) is 12.7 Å². The van der Waals surface area contributed by atoms with E-state index in [-0.39, 0.29) is 0 Å². The van der Waals surface area contributed by atoms with E-state index in [0.29, 0.717) is 23.0 Å². The van der Waals surface area contributed by atoms with Crippen LogP contribution in [0.1, 0.15) is 26.3 Å². The Morgan fingerprint density at radius 1 is 1.57 bits per heavy atom. The molecule has 0 aliphatic heterocycles. The summed E-state index contributed by atoms with van der Waals surface area (Å²) in [4.78, 5) is 21.7. The number of hydrogen-bond donors (Lipinski definition) is 0. The van der Waals surface area contributed by atoms with Crippen molar-refractivity contribution in [2.45, 2.75) is 0 Å². The Hall–Kier alpha value is -2.08. The zero-order valence-electron chi connectivity index (χ0n) is 7.61. The van der Waals surface area contributed by atoms with Crippen LogP contribution in [0.25, 0.3) is 0 Å². The molecule has 0 heterocycles. The first-order valence-corrected chi connectivity index (χ1v) is 3.87. The Balaban J connectivity index is 3.22. The van der Waals surface area contributed by atoms with Crippen molar-refractivity contribution < 1.29 is 14.3 Å². The highest BCUT2D eigenvalue weighted by Crippen LogP contribution is 2.10. The molecule has 3 heteroatoms. The molecular formula is C11H8O3. The molecule has 1 aromatic rings. The average Bonchev–Trinajstić information content (AvgIpc) is 2.26. The van der Waals surface area contributed by atoms with Gasteiger partial charge in [0.2, 0.25) is 0 Å². The second-order valence-corrected chi connectivity index (χ2v) is 2.56. The summed E-state index contributed by atoms with van der Waals surface area (Å²) < 4.78 is 4.50. The van der Waals surface area contributed by atoms with Crippen LogP contribution in [0.2, 0.25) is 0 Å². The van der Waals surface area contributed by atoms with Crippen molar-refractivity contribution >= 4 is 12.3 Å². The monoisotopic (exact) mass is 188 g/mol. The third kappa shape index (κ3) is 1.80. The van der Waals surface area contributed by atoms with E-state index in [1.165, 1.54) is 25.3 Å². The molecular weight excluding hydrogens is 180 g/mol. The van der Waals surface area contributed by atoms with Gasteiger partial charge >= 0.3 is 5.97 Å². The summed E-state index contributed by atoms with van der Waals surface area (Å²) in [5.74, 6) is 1.86. The number of aldehydes is 1. The number of carbonyl (C=O) groups is 2. The van der Waals surface area contributed by atoms with Gasteiger partial charge in [-0.15, -0.1) is 6.42 Å². The van der Waals surface area contributed by atoms with Crippen LogP contribution >= 0.6 is 0 Å². The minimum absolute atomic E-state index is 0.314. The highest BCUT2D eigenvalue weighted by atomic mass is 16.5. The van der Waals surface area contributed by atoms with E-state index in [1.807, 2.05) is 0 Å². The Labute approximate surface area is 81.7 Å². The summed E-state index contributed by atoms with van der Waals surface area (Å²) in [6.45, 7) is 0. The fraction of sp³-hybridized carbons (Fsp3) is 0.0909. The first-order chi connectivity index (χ1) is 6.72. The minimum Gasteiger partial charge on any atom is -0.465 e. The average molecular weight is 188 g/mol. The smallest absolute Gasteiger partial charge is 0.337 e. The van der Waals surface area contributed by atoms with Gasteiger partial charge in [-0.05, 0) is 18.2 Å². The second-order valence-electron chi connectivity index (χ2n) is 2.56. The maximum absolute atomic E-state index is 11.1. The molecule has 14 heavy (non-hydrogen) atoms. The lowest BCUT2D eigenvalue weighted by atomic mass is 10.1. The summed E-state index contributed by atoms with van der Waals surface area (Å²) in [7, 11) is 1.28. The number of ether oxygens (including phenoxy) is 1. The Bertz CT molecular complexity index is 413. The van der Waals surface area contributed by atoms with E-state index >= 15 is 0 Å². The van der Waals surface area contributed by atoms with E-state index in [4.69, 9.17) is 6.42 Å². The van der Waals surface area contributed by atoms with Crippen molar-refractivity contribution in [3.05, 3.63) is 34.9 Å². The van der Waals surface area contributed by atoms with Crippen LogP contribution in [0.5, 0.6) is 0 Å². The van der Waals surface area contributed by atoms with Crippen molar-refractivity contribution in [2.75, 3.05) is 7.11 Å². The van der Waals surface area contributed by atoms with Gasteiger partial charge in [0, 0.05) is 11.1 Å². The summed E-state index contributed by atoms with van der Waals surface area (Å²) >= 11 is 0. The maximum Gasteiger partial charge on any atom is 0.337 e. The van der Waals surface area contributed by atoms with Crippen LogP contribution in [0.15, 0.2) is 18.2 Å². The molecule has 0 spiro atoms. The molecule has 1 aromatic carbocycles. The summed E-state index contributed by atoms with van der Waals surface area (Å²) in [5.41, 5.74) is 1.09. The Kier molecular flexibility index (Phi) is 3.03. The highest BCUT2D eigenvalue weighted by molar-refractivity contribution is 5.92. The fourth-order valence-electron chi connectivity index (χ4n) is 1.04. The molecule has 0 unspecified atom stereocenters. The number of terminal acetylenes is 1. The van der Waals surface area contributed by atoms with Crippen LogP contribution in [0, 0.1) is 12.3 Å². The number of esters is 1. The van der Waals surface area contributed by atoms with E-state index in [9.17, 15) is 9.59 Å². The molecule has 0 radical (unpaired) electrons. The normalized spacial score (nSPS) is 8.86. The molecule has 0 aliphatic carbocycles. The lowest BCUT2D eigenvalue weighted by molar-refractivity contribution is 0.0600. The van der Waals surface area contributed by atoms with Crippen LogP contribution in [0.3, 0.4) is 0 Å². The molecule has 0 bridgehead atoms. The van der Waals surface area contributed by atoms with Crippen molar-refractivity contribution in [3.63, 3.8) is 0 Å². The van der Waals surface area contributed by atoms with Gasteiger partial charge < -0.3 is 4.74 Å². The summed E-state index contributed by atoms with van der Waals surface area (Å²) in [5, 5.41) is 0. The molecule has 0 saturated heterocycles. The molecule has 0 saturated carbocycles. The van der Waals surface area contributed by atoms with Crippen molar-refractivity contribution in [1.82, 2.24) is 0 Å². The van der Waals surface area contributed by atoms with Gasteiger partial charge in [-0.25, -0.2) is 4.79 Å². The zero-order valence-corrected chi connectivity index (χ0v) is 7.61. The Morgan fingerprint density at radius 3 is 2.79 bits per heavy atom. The topological polar surface area (TPSA) is 43.4 Å². The van der Waals surface area contributed by atoms with Crippen LogP contribution in [-0.2, 0) is 4.74 Å². The SMILES string of the molecule is C#Cc1ccc(C(=O)OC)cc1C=O. The first kappa shape index (κ1) is 10.0. The fourth-order valence-corrected chi connectivity index (χ4v) is 1.04. The quantitative estimate of drug-likeness (QED) is 0.398. The molecule has 0 N–H and O–H groups in total. The van der Waals surface area contributed by atoms with Crippen molar-refractivity contribution in [2.24, 2.45) is 0 Å². The van der Waals surface area contributed by atoms with E-state index < -0.39 is 5.97 Å². The lowest BCUT2D eigenvalue weighted by Gasteiger charge is -2.01. The van der Waals surface area contributed by atoms with Gasteiger partial charge in [-0.3, -0.25) is 4.79 Å². The molecule has 0 amide bonds. The molecule has 0 aliphatic rings. The van der Waals surface area contributed by atoms with Crippen LogP contribution < -0.4 is 0 Å². The van der Waals surface area contributed by atoms with Gasteiger partial charge in [0.25, 0.3) is 0 Å². The zero-order chi connectivity index (χ0) is 10.6. The van der Waals surface area contributed by atoms with Crippen LogP contribution in [0.4, 0.5) is 0 Å². The predicted octanol–water partition coefficient (Wildman–Crippen LogP) is 1.27. The number of methoxy groups -OCH3 is 1. The largest absolute Gasteiger partial charge is 0.465 e. The number of carbonyl (C=O) groups excluding carboxylic acids is 2. The molecule has 0 fully saturated rings. The lowest BCUT2D eigenvalue weighted by Crippen LogP contribution is -2.02. The molecule has 0 aromatic heterocycles. The van der Waals surface area contributed by atoms with Gasteiger partial charge in [0.15, 0.2) is 6.29 Å². The number of rotatable bonds is 2. The van der Waals surface area contributed by atoms with Gasteiger partial charge in [-0.2, -0.15) is 0 Å². The minimum atomic E-state index is -0.489. The van der Waals surface area contributed by atoms with Gasteiger partial charge in [0.1, 0.15) is 0 Å². The number of hydrogen-bond acceptors (Lipinski definition) is 3. The standard InChI is InChI=1S/C11H8O3/c1-3-8-4-5-9(11(13)14-2)6-10(8)7-12/h1,4-7H,2H3. The van der Waals surface area contributed by atoms with E-state index in [2.05, 4.69) is 10.7 Å². The molecule has 1 rings (SSSR count). The Morgan fingerprint density at radius 2 is 2.29 bits per heavy atom. The highest BCUT2D eigenvalue weighted by Gasteiger charge is 2.07. The van der Waals surface area contributed by atoms with Crippen molar-refractivity contribution in [3.8, 4) is 12.3 Å². The maximum atomic E-state index is 11.1.